The smallest absolute Gasteiger partial charge is 0.235 e. The highest BCUT2D eigenvalue weighted by Crippen LogP contribution is 2.29. The molecular formula is C18H10BrN5S. The maximum absolute atomic E-state index is 4.70. The van der Waals surface area contributed by atoms with Crippen LogP contribution in [0, 0.1) is 0 Å². The number of aromatic nitrogens is 5. The summed E-state index contributed by atoms with van der Waals surface area (Å²) in [5.41, 5.74) is 2.73. The summed E-state index contributed by atoms with van der Waals surface area (Å²) >= 11 is 5.01. The van der Waals surface area contributed by atoms with Crippen molar-refractivity contribution in [3.8, 4) is 22.1 Å². The van der Waals surface area contributed by atoms with Crippen molar-refractivity contribution in [2.45, 2.75) is 0 Å². The molecule has 5 rings (SSSR count). The van der Waals surface area contributed by atoms with Crippen molar-refractivity contribution < 1.29 is 0 Å². The van der Waals surface area contributed by atoms with Crippen molar-refractivity contribution in [2.75, 3.05) is 0 Å². The van der Waals surface area contributed by atoms with Crippen LogP contribution in [0.4, 0.5) is 0 Å². The summed E-state index contributed by atoms with van der Waals surface area (Å²) in [4.78, 5) is 5.45. The summed E-state index contributed by atoms with van der Waals surface area (Å²) in [6.45, 7) is 0. The van der Waals surface area contributed by atoms with Crippen molar-refractivity contribution in [1.29, 1.82) is 0 Å². The van der Waals surface area contributed by atoms with Gasteiger partial charge in [0.2, 0.25) is 10.8 Å². The lowest BCUT2D eigenvalue weighted by molar-refractivity contribution is 0.963. The number of hydrogen-bond donors (Lipinski definition) is 0. The van der Waals surface area contributed by atoms with E-state index in [1.807, 2.05) is 60.7 Å². The highest BCUT2D eigenvalue weighted by atomic mass is 79.9. The molecule has 0 N–H and O–H groups in total. The Labute approximate surface area is 155 Å². The number of hydrogen-bond acceptors (Lipinski definition) is 5. The van der Waals surface area contributed by atoms with E-state index in [0.29, 0.717) is 5.82 Å². The zero-order valence-corrected chi connectivity index (χ0v) is 15.2. The highest BCUT2D eigenvalue weighted by molar-refractivity contribution is 9.10. The minimum atomic E-state index is 0.651. The Balaban J connectivity index is 1.66. The molecule has 5 aromatic rings. The van der Waals surface area contributed by atoms with Crippen molar-refractivity contribution in [1.82, 2.24) is 24.8 Å². The second-order valence-corrected chi connectivity index (χ2v) is 7.40. The van der Waals surface area contributed by atoms with E-state index in [1.54, 1.807) is 4.52 Å². The van der Waals surface area contributed by atoms with Gasteiger partial charge >= 0.3 is 0 Å². The Morgan fingerprint density at radius 2 is 1.84 bits per heavy atom. The predicted octanol–water partition coefficient (Wildman–Crippen LogP) is 4.83. The average Bonchev–Trinajstić information content (AvgIpc) is 3.22. The molecule has 0 aliphatic rings. The second kappa shape index (κ2) is 5.72. The number of nitrogens with zero attached hydrogens (tertiary/aromatic N) is 5. The van der Waals surface area contributed by atoms with E-state index in [9.17, 15) is 0 Å². The molecule has 0 unspecified atom stereocenters. The van der Waals surface area contributed by atoms with Crippen molar-refractivity contribution >= 4 is 43.1 Å². The van der Waals surface area contributed by atoms with Crippen molar-refractivity contribution in [2.24, 2.45) is 0 Å². The molecule has 0 saturated heterocycles. The summed E-state index contributed by atoms with van der Waals surface area (Å²) in [6, 6.07) is 20.1. The molecule has 0 aliphatic carbocycles. The first kappa shape index (κ1) is 14.7. The molecule has 3 heterocycles. The Morgan fingerprint density at radius 1 is 0.920 bits per heavy atom. The lowest BCUT2D eigenvalue weighted by atomic mass is 10.2. The lowest BCUT2D eigenvalue weighted by Gasteiger charge is -2.00. The monoisotopic (exact) mass is 407 g/mol. The van der Waals surface area contributed by atoms with E-state index in [4.69, 9.17) is 4.98 Å². The molecule has 0 bridgehead atoms. The summed E-state index contributed by atoms with van der Waals surface area (Å²) in [7, 11) is 0. The Morgan fingerprint density at radius 3 is 2.76 bits per heavy atom. The molecule has 0 saturated carbocycles. The fourth-order valence-corrected chi connectivity index (χ4v) is 3.94. The molecule has 0 aliphatic heterocycles. The second-order valence-electron chi connectivity index (χ2n) is 5.52. The third-order valence-electron chi connectivity index (χ3n) is 3.89. The third kappa shape index (κ3) is 2.52. The van der Waals surface area contributed by atoms with E-state index in [2.05, 4.69) is 31.2 Å². The van der Waals surface area contributed by atoms with Crippen LogP contribution in [0.3, 0.4) is 0 Å². The van der Waals surface area contributed by atoms with Crippen LogP contribution in [0.15, 0.2) is 65.1 Å². The molecule has 0 atom stereocenters. The van der Waals surface area contributed by atoms with Gasteiger partial charge in [0.25, 0.3) is 0 Å². The van der Waals surface area contributed by atoms with Gasteiger partial charge in [0.1, 0.15) is 10.7 Å². The van der Waals surface area contributed by atoms with Gasteiger partial charge in [-0.05, 0) is 24.3 Å². The van der Waals surface area contributed by atoms with Crippen LogP contribution in [0.5, 0.6) is 0 Å². The fraction of sp³-hybridized carbons (Fsp3) is 0. The standard InChI is InChI=1S/C18H10BrN5S/c19-13-6-3-5-12(10-13)17-23-24-16(21-22-18(24)25-17)15-9-8-11-4-1-2-7-14(11)20-15/h1-10H. The number of fused-ring (bicyclic) bond motifs is 2. The van der Waals surface area contributed by atoms with E-state index in [1.165, 1.54) is 11.3 Å². The molecule has 120 valence electrons. The largest absolute Gasteiger partial charge is 0.244 e. The molecule has 7 heteroatoms. The minimum Gasteiger partial charge on any atom is -0.244 e. The van der Waals surface area contributed by atoms with Gasteiger partial charge in [-0.2, -0.15) is 9.61 Å². The first-order valence-electron chi connectivity index (χ1n) is 7.62. The molecule has 25 heavy (non-hydrogen) atoms. The zero-order valence-electron chi connectivity index (χ0n) is 12.8. The Bertz CT molecular complexity index is 1230. The van der Waals surface area contributed by atoms with Crippen molar-refractivity contribution in [3.05, 3.63) is 65.1 Å². The molecule has 0 spiro atoms. The fourth-order valence-electron chi connectivity index (χ4n) is 2.71. The minimum absolute atomic E-state index is 0.651. The van der Waals surface area contributed by atoms with Crippen LogP contribution in [0.2, 0.25) is 0 Å². The number of para-hydroxylation sites is 1. The molecule has 3 aromatic heterocycles. The van der Waals surface area contributed by atoms with Crippen LogP contribution in [-0.4, -0.2) is 24.8 Å². The van der Waals surface area contributed by atoms with Gasteiger partial charge in [-0.25, -0.2) is 4.98 Å². The Kier molecular flexibility index (Phi) is 3.36. The van der Waals surface area contributed by atoms with Gasteiger partial charge in [-0.1, -0.05) is 63.7 Å². The number of pyridine rings is 1. The summed E-state index contributed by atoms with van der Waals surface area (Å²) < 4.78 is 2.78. The first-order valence-corrected chi connectivity index (χ1v) is 9.23. The first-order chi connectivity index (χ1) is 12.3. The maximum atomic E-state index is 4.70. The third-order valence-corrected chi connectivity index (χ3v) is 5.33. The number of halogens is 1. The molecule has 5 nitrogen and oxygen atoms in total. The molecule has 0 amide bonds. The van der Waals surface area contributed by atoms with E-state index < -0.39 is 0 Å². The lowest BCUT2D eigenvalue weighted by Crippen LogP contribution is -1.93. The van der Waals surface area contributed by atoms with Crippen LogP contribution in [0.1, 0.15) is 0 Å². The van der Waals surface area contributed by atoms with Crippen molar-refractivity contribution in [3.63, 3.8) is 0 Å². The average molecular weight is 408 g/mol. The van der Waals surface area contributed by atoms with Crippen LogP contribution < -0.4 is 0 Å². The summed E-state index contributed by atoms with van der Waals surface area (Å²) in [6.07, 6.45) is 0. The predicted molar refractivity (Wildman–Crippen MR) is 103 cm³/mol. The van der Waals surface area contributed by atoms with Crippen LogP contribution >= 0.6 is 27.3 Å². The van der Waals surface area contributed by atoms with Gasteiger partial charge < -0.3 is 0 Å². The zero-order chi connectivity index (χ0) is 16.8. The number of benzene rings is 2. The van der Waals surface area contributed by atoms with Gasteiger partial charge in [-0.15, -0.1) is 10.2 Å². The molecule has 2 aromatic carbocycles. The van der Waals surface area contributed by atoms with E-state index >= 15 is 0 Å². The molecular weight excluding hydrogens is 398 g/mol. The number of rotatable bonds is 2. The van der Waals surface area contributed by atoms with Gasteiger partial charge in [0.05, 0.1) is 5.52 Å². The normalized spacial score (nSPS) is 11.4. The SMILES string of the molecule is Brc1cccc(-c2nn3c(-c4ccc5ccccc5n4)nnc3s2)c1. The molecule has 0 radical (unpaired) electrons. The highest BCUT2D eigenvalue weighted by Gasteiger charge is 2.15. The van der Waals surface area contributed by atoms with Crippen LogP contribution in [0.25, 0.3) is 38.0 Å². The summed E-state index contributed by atoms with van der Waals surface area (Å²) in [5, 5.41) is 15.2. The maximum Gasteiger partial charge on any atom is 0.235 e. The van der Waals surface area contributed by atoms with E-state index in [0.717, 1.165) is 36.6 Å². The van der Waals surface area contributed by atoms with Gasteiger partial charge in [0, 0.05) is 15.4 Å². The van der Waals surface area contributed by atoms with E-state index in [-0.39, 0.29) is 0 Å². The topological polar surface area (TPSA) is 56.0 Å². The van der Waals surface area contributed by atoms with Gasteiger partial charge in [-0.3, -0.25) is 0 Å². The Hall–Kier alpha value is -2.64. The summed E-state index contributed by atoms with van der Waals surface area (Å²) in [5.74, 6) is 0.651. The quantitative estimate of drug-likeness (QED) is 0.420. The van der Waals surface area contributed by atoms with Gasteiger partial charge in [0.15, 0.2) is 0 Å². The molecule has 0 fully saturated rings. The van der Waals surface area contributed by atoms with Crippen LogP contribution in [-0.2, 0) is 0 Å².